The number of hydrogen-bond acceptors (Lipinski definition) is 4. The van der Waals surface area contributed by atoms with Crippen molar-refractivity contribution in [2.75, 3.05) is 6.26 Å². The molecular formula is C16H27BO4S. The molecule has 1 saturated heterocycles. The molecule has 4 nitrogen and oxygen atoms in total. The van der Waals surface area contributed by atoms with Gasteiger partial charge < -0.3 is 14.4 Å². The van der Waals surface area contributed by atoms with Crippen LogP contribution in [-0.2, 0) is 26.7 Å². The van der Waals surface area contributed by atoms with Gasteiger partial charge in [0.25, 0.3) is 0 Å². The predicted molar refractivity (Wildman–Crippen MR) is 91.8 cm³/mol. The second kappa shape index (κ2) is 7.26. The molecule has 1 aromatic carbocycles. The lowest BCUT2D eigenvalue weighted by Crippen LogP contribution is -2.41. The summed E-state index contributed by atoms with van der Waals surface area (Å²) in [4.78, 5) is 0.625. The smallest absolute Gasteiger partial charge is 0.399 e. The summed E-state index contributed by atoms with van der Waals surface area (Å²) in [6.45, 7) is 11.8. The molecule has 22 heavy (non-hydrogen) atoms. The number of benzene rings is 1. The van der Waals surface area contributed by atoms with Gasteiger partial charge in [0.2, 0.25) is 0 Å². The van der Waals surface area contributed by atoms with Gasteiger partial charge in [-0.15, -0.1) is 0 Å². The van der Waals surface area contributed by atoms with Gasteiger partial charge >= 0.3 is 7.12 Å². The number of aliphatic hydroxyl groups is 1. The second-order valence-electron chi connectivity index (χ2n) is 6.07. The van der Waals surface area contributed by atoms with Gasteiger partial charge in [0, 0.05) is 11.2 Å². The van der Waals surface area contributed by atoms with Crippen LogP contribution in [0.25, 0.3) is 0 Å². The Labute approximate surface area is 136 Å². The van der Waals surface area contributed by atoms with Crippen LogP contribution in [0.4, 0.5) is 0 Å². The highest BCUT2D eigenvalue weighted by atomic mass is 32.2. The van der Waals surface area contributed by atoms with Gasteiger partial charge in [-0.05, 0) is 44.8 Å². The fourth-order valence-electron chi connectivity index (χ4n) is 2.10. The van der Waals surface area contributed by atoms with Crippen LogP contribution in [0.15, 0.2) is 23.1 Å². The van der Waals surface area contributed by atoms with Crippen LogP contribution in [0, 0.1) is 0 Å². The Hall–Kier alpha value is -0.685. The van der Waals surface area contributed by atoms with Gasteiger partial charge in [0.15, 0.2) is 0 Å². The molecule has 0 radical (unpaired) electrons. The maximum atomic E-state index is 11.8. The normalized spacial score (nSPS) is 20.3. The molecule has 0 aromatic heterocycles. The van der Waals surface area contributed by atoms with Crippen LogP contribution in [-0.4, -0.2) is 33.9 Å². The Balaban J connectivity index is 0.00000116. The molecule has 1 fully saturated rings. The summed E-state index contributed by atoms with van der Waals surface area (Å²) >= 11 is 0. The molecule has 1 atom stereocenters. The summed E-state index contributed by atoms with van der Waals surface area (Å²) < 4.78 is 23.7. The fraction of sp³-hybridized carbons (Fsp3) is 0.625. The third kappa shape index (κ3) is 3.80. The quantitative estimate of drug-likeness (QED) is 0.866. The lowest BCUT2D eigenvalue weighted by molar-refractivity contribution is 0.00578. The Bertz CT molecular complexity index is 527. The third-order valence-electron chi connectivity index (χ3n) is 4.10. The van der Waals surface area contributed by atoms with E-state index in [0.29, 0.717) is 10.5 Å². The monoisotopic (exact) mass is 326 g/mol. The average molecular weight is 326 g/mol. The predicted octanol–water partition coefficient (Wildman–Crippen LogP) is 2.24. The minimum atomic E-state index is -1.16. The van der Waals surface area contributed by atoms with E-state index in [9.17, 15) is 9.32 Å². The van der Waals surface area contributed by atoms with Crippen LogP contribution >= 0.6 is 0 Å². The average Bonchev–Trinajstić information content (AvgIpc) is 2.69. The first-order valence-electron chi connectivity index (χ1n) is 7.61. The van der Waals surface area contributed by atoms with Crippen molar-refractivity contribution in [3.8, 4) is 0 Å². The molecule has 1 aromatic rings. The zero-order chi connectivity index (χ0) is 17.1. The molecular weight excluding hydrogens is 299 g/mol. The molecule has 1 aliphatic rings. The summed E-state index contributed by atoms with van der Waals surface area (Å²) in [6, 6.07) is 5.42. The van der Waals surface area contributed by atoms with Gasteiger partial charge in [0.05, 0.1) is 28.6 Å². The van der Waals surface area contributed by atoms with Crippen LogP contribution in [0.3, 0.4) is 0 Å². The first-order valence-corrected chi connectivity index (χ1v) is 9.16. The Morgan fingerprint density at radius 2 is 1.64 bits per heavy atom. The summed E-state index contributed by atoms with van der Waals surface area (Å²) in [5.41, 5.74) is 0.690. The zero-order valence-electron chi connectivity index (χ0n) is 14.6. The van der Waals surface area contributed by atoms with E-state index >= 15 is 0 Å². The van der Waals surface area contributed by atoms with Crippen molar-refractivity contribution in [3.05, 3.63) is 23.8 Å². The molecule has 0 aliphatic carbocycles. The van der Waals surface area contributed by atoms with Crippen molar-refractivity contribution < 1.29 is 18.6 Å². The third-order valence-corrected chi connectivity index (χ3v) is 5.10. The summed E-state index contributed by atoms with van der Waals surface area (Å²) in [5.74, 6) is 0. The van der Waals surface area contributed by atoms with Gasteiger partial charge in [-0.1, -0.05) is 26.0 Å². The highest BCUT2D eigenvalue weighted by Crippen LogP contribution is 2.36. The topological polar surface area (TPSA) is 55.8 Å². The van der Waals surface area contributed by atoms with Crippen molar-refractivity contribution in [2.45, 2.75) is 64.2 Å². The Morgan fingerprint density at radius 3 is 2.05 bits per heavy atom. The maximum Gasteiger partial charge on any atom is 0.494 e. The number of hydrogen-bond donors (Lipinski definition) is 1. The maximum absolute atomic E-state index is 11.8. The molecule has 1 N–H and O–H groups in total. The molecule has 1 heterocycles. The van der Waals surface area contributed by atoms with E-state index in [1.54, 1.807) is 18.4 Å². The second-order valence-corrected chi connectivity index (χ2v) is 7.42. The largest absolute Gasteiger partial charge is 0.494 e. The van der Waals surface area contributed by atoms with E-state index in [0.717, 1.165) is 5.46 Å². The molecule has 2 rings (SSSR count). The fourth-order valence-corrected chi connectivity index (χ4v) is 2.90. The molecule has 0 saturated carbocycles. The van der Waals surface area contributed by atoms with Crippen molar-refractivity contribution in [3.63, 3.8) is 0 Å². The van der Waals surface area contributed by atoms with E-state index in [1.807, 2.05) is 47.6 Å². The SMILES string of the molecule is CC.CS(=O)c1cc(B2OC(C)(C)C(C)(C)O2)ccc1CO. The minimum absolute atomic E-state index is 0.126. The zero-order valence-corrected chi connectivity index (χ0v) is 15.4. The molecule has 0 bridgehead atoms. The molecule has 0 spiro atoms. The highest BCUT2D eigenvalue weighted by Gasteiger charge is 2.51. The molecule has 6 heteroatoms. The lowest BCUT2D eigenvalue weighted by atomic mass is 9.79. The molecule has 0 amide bonds. The Morgan fingerprint density at radius 1 is 1.14 bits per heavy atom. The van der Waals surface area contributed by atoms with Crippen molar-refractivity contribution in [1.82, 2.24) is 0 Å². The van der Waals surface area contributed by atoms with Crippen molar-refractivity contribution >= 4 is 23.4 Å². The van der Waals surface area contributed by atoms with Gasteiger partial charge in [-0.2, -0.15) is 0 Å². The van der Waals surface area contributed by atoms with Crippen LogP contribution in [0.2, 0.25) is 0 Å². The number of rotatable bonds is 3. The van der Waals surface area contributed by atoms with Crippen molar-refractivity contribution in [2.24, 2.45) is 0 Å². The first-order chi connectivity index (χ1) is 10.2. The molecule has 1 aliphatic heterocycles. The van der Waals surface area contributed by atoms with Gasteiger partial charge in [-0.3, -0.25) is 4.21 Å². The number of aliphatic hydroxyl groups excluding tert-OH is 1. The minimum Gasteiger partial charge on any atom is -0.399 e. The van der Waals surface area contributed by atoms with Gasteiger partial charge in [-0.25, -0.2) is 0 Å². The standard InChI is InChI=1S/C14H21BO4S.C2H6/c1-13(2)14(3,4)19-15(18-13)11-7-6-10(9-16)12(8-11)20(5)17;1-2/h6-8,16H,9H2,1-5H3;1-2H3. The lowest BCUT2D eigenvalue weighted by Gasteiger charge is -2.32. The van der Waals surface area contributed by atoms with E-state index < -0.39 is 29.1 Å². The summed E-state index contributed by atoms with van der Waals surface area (Å²) in [6.07, 6.45) is 1.60. The van der Waals surface area contributed by atoms with Crippen LogP contribution in [0.5, 0.6) is 0 Å². The molecule has 124 valence electrons. The van der Waals surface area contributed by atoms with E-state index in [4.69, 9.17) is 9.31 Å². The van der Waals surface area contributed by atoms with Gasteiger partial charge in [0.1, 0.15) is 0 Å². The van der Waals surface area contributed by atoms with Crippen molar-refractivity contribution in [1.29, 1.82) is 0 Å². The first kappa shape index (κ1) is 19.4. The van der Waals surface area contributed by atoms with E-state index in [-0.39, 0.29) is 6.61 Å². The van der Waals surface area contributed by atoms with E-state index in [2.05, 4.69) is 0 Å². The van der Waals surface area contributed by atoms with E-state index in [1.165, 1.54) is 0 Å². The summed E-state index contributed by atoms with van der Waals surface area (Å²) in [7, 11) is -1.64. The molecule has 1 unspecified atom stereocenters. The summed E-state index contributed by atoms with van der Waals surface area (Å²) in [5, 5.41) is 9.29. The Kier molecular flexibility index (Phi) is 6.39. The highest BCUT2D eigenvalue weighted by molar-refractivity contribution is 7.84. The van der Waals surface area contributed by atoms with Crippen LogP contribution < -0.4 is 5.46 Å². The van der Waals surface area contributed by atoms with Crippen LogP contribution in [0.1, 0.15) is 47.1 Å².